The molecule has 8 heteroatoms. The van der Waals surface area contributed by atoms with E-state index in [-0.39, 0.29) is 35.8 Å². The van der Waals surface area contributed by atoms with Gasteiger partial charge in [0.2, 0.25) is 0 Å². The van der Waals surface area contributed by atoms with E-state index in [4.69, 9.17) is 13.9 Å². The van der Waals surface area contributed by atoms with Gasteiger partial charge in [-0.05, 0) is 38.5 Å². The van der Waals surface area contributed by atoms with Crippen molar-refractivity contribution < 1.29 is 23.6 Å². The zero-order valence-electron chi connectivity index (χ0n) is 14.8. The van der Waals surface area contributed by atoms with Gasteiger partial charge in [-0.15, -0.1) is 0 Å². The van der Waals surface area contributed by atoms with E-state index in [1.807, 2.05) is 13.8 Å². The minimum atomic E-state index is -0.515. The van der Waals surface area contributed by atoms with E-state index in [1.165, 1.54) is 18.2 Å². The second-order valence-electron chi connectivity index (χ2n) is 5.81. The molecule has 0 spiro atoms. The molecule has 0 aliphatic heterocycles. The summed E-state index contributed by atoms with van der Waals surface area (Å²) >= 11 is 0. The van der Waals surface area contributed by atoms with Gasteiger partial charge in [0.25, 0.3) is 5.91 Å². The van der Waals surface area contributed by atoms with Crippen LogP contribution in [0.25, 0.3) is 0 Å². The number of para-hydroxylation sites is 2. The third-order valence-corrected chi connectivity index (χ3v) is 3.38. The third kappa shape index (κ3) is 5.89. The number of hydrogen-bond acceptors (Lipinski definition) is 6. The highest BCUT2D eigenvalue weighted by Crippen LogP contribution is 2.26. The van der Waals surface area contributed by atoms with Crippen LogP contribution >= 0.6 is 0 Å². The number of rotatable bonds is 10. The van der Waals surface area contributed by atoms with E-state index in [9.17, 15) is 14.9 Å². The lowest BCUT2D eigenvalue weighted by Crippen LogP contribution is -2.25. The average molecular weight is 362 g/mol. The lowest BCUT2D eigenvalue weighted by atomic mass is 10.3. The van der Waals surface area contributed by atoms with Crippen molar-refractivity contribution >= 4 is 11.6 Å². The van der Waals surface area contributed by atoms with Crippen LogP contribution in [0.2, 0.25) is 0 Å². The number of carbonyl (C=O) groups is 1. The molecule has 0 saturated carbocycles. The fourth-order valence-electron chi connectivity index (χ4n) is 2.14. The largest absolute Gasteiger partial charge is 0.479 e. The van der Waals surface area contributed by atoms with Crippen molar-refractivity contribution in [1.29, 1.82) is 0 Å². The van der Waals surface area contributed by atoms with E-state index in [0.717, 1.165) is 0 Å². The molecule has 2 aromatic rings. The zero-order valence-corrected chi connectivity index (χ0v) is 14.8. The Hall–Kier alpha value is -2.87. The first kappa shape index (κ1) is 19.5. The van der Waals surface area contributed by atoms with Gasteiger partial charge < -0.3 is 19.2 Å². The number of nitrogens with one attached hydrogen (secondary N) is 1. The minimum absolute atomic E-state index is 0.0135. The highest BCUT2D eigenvalue weighted by Gasteiger charge is 2.15. The molecule has 0 atom stereocenters. The number of nitrogens with zero attached hydrogens (tertiary/aromatic N) is 1. The highest BCUT2D eigenvalue weighted by molar-refractivity contribution is 5.91. The Morgan fingerprint density at radius 3 is 2.77 bits per heavy atom. The molecule has 140 valence electrons. The van der Waals surface area contributed by atoms with Crippen molar-refractivity contribution in [2.75, 3.05) is 13.2 Å². The van der Waals surface area contributed by atoms with Crippen molar-refractivity contribution in [2.45, 2.75) is 33.0 Å². The quantitative estimate of drug-likeness (QED) is 0.395. The Bertz CT molecular complexity index is 741. The van der Waals surface area contributed by atoms with Crippen LogP contribution in [0.3, 0.4) is 0 Å². The van der Waals surface area contributed by atoms with Crippen LogP contribution in [0.5, 0.6) is 5.75 Å². The zero-order chi connectivity index (χ0) is 18.9. The lowest BCUT2D eigenvalue weighted by Gasteiger charge is -2.07. The van der Waals surface area contributed by atoms with Crippen LogP contribution in [0.1, 0.15) is 36.6 Å². The summed E-state index contributed by atoms with van der Waals surface area (Å²) in [6.07, 6.45) is 0.872. The summed E-state index contributed by atoms with van der Waals surface area (Å²) in [4.78, 5) is 22.4. The summed E-state index contributed by atoms with van der Waals surface area (Å²) in [7, 11) is 0. The summed E-state index contributed by atoms with van der Waals surface area (Å²) in [5.41, 5.74) is -0.124. The number of carbonyl (C=O) groups excluding carboxylic acids is 1. The van der Waals surface area contributed by atoms with Gasteiger partial charge in [0.15, 0.2) is 11.5 Å². The first-order valence-electron chi connectivity index (χ1n) is 8.32. The average Bonchev–Trinajstić information content (AvgIpc) is 3.08. The number of amides is 1. The molecule has 1 N–H and O–H groups in total. The predicted octanol–water partition coefficient (Wildman–Crippen LogP) is 3.31. The van der Waals surface area contributed by atoms with E-state index < -0.39 is 4.92 Å². The fraction of sp³-hybridized carbons (Fsp3) is 0.389. The number of benzene rings is 1. The Kier molecular flexibility index (Phi) is 7.16. The van der Waals surface area contributed by atoms with E-state index in [1.54, 1.807) is 18.2 Å². The Labute approximate surface area is 151 Å². The molecule has 1 heterocycles. The molecule has 2 rings (SSSR count). The second-order valence-corrected chi connectivity index (χ2v) is 5.81. The van der Waals surface area contributed by atoms with Crippen LogP contribution in [-0.4, -0.2) is 30.1 Å². The van der Waals surface area contributed by atoms with Crippen LogP contribution in [0, 0.1) is 10.1 Å². The Morgan fingerprint density at radius 1 is 1.27 bits per heavy atom. The molecule has 26 heavy (non-hydrogen) atoms. The summed E-state index contributed by atoms with van der Waals surface area (Å²) in [6.45, 7) is 4.95. The molecule has 0 unspecified atom stereocenters. The number of nitro groups is 1. The number of hydrogen-bond donors (Lipinski definition) is 1. The van der Waals surface area contributed by atoms with Crippen LogP contribution in [-0.2, 0) is 11.3 Å². The summed E-state index contributed by atoms with van der Waals surface area (Å²) in [6, 6.07) is 9.22. The van der Waals surface area contributed by atoms with E-state index >= 15 is 0 Å². The van der Waals surface area contributed by atoms with Gasteiger partial charge in [-0.25, -0.2) is 0 Å². The maximum absolute atomic E-state index is 12.0. The molecule has 0 fully saturated rings. The molecule has 0 saturated heterocycles. The molecule has 1 amide bonds. The van der Waals surface area contributed by atoms with Gasteiger partial charge in [-0.2, -0.15) is 0 Å². The number of furan rings is 1. The summed E-state index contributed by atoms with van der Waals surface area (Å²) in [5, 5.41) is 13.7. The molecule has 1 aromatic carbocycles. The fourth-order valence-corrected chi connectivity index (χ4v) is 2.14. The molecular weight excluding hydrogens is 340 g/mol. The predicted molar refractivity (Wildman–Crippen MR) is 94.2 cm³/mol. The molecule has 0 radical (unpaired) electrons. The molecular formula is C18H22N2O6. The van der Waals surface area contributed by atoms with E-state index in [0.29, 0.717) is 25.3 Å². The molecule has 0 aliphatic carbocycles. The SMILES string of the molecule is CC(C)OCCCNC(=O)c1ccc(COc2ccccc2[N+](=O)[O-])o1. The van der Waals surface area contributed by atoms with Crippen molar-refractivity contribution in [2.24, 2.45) is 0 Å². The first-order chi connectivity index (χ1) is 12.5. The normalized spacial score (nSPS) is 10.7. The van der Waals surface area contributed by atoms with Crippen LogP contribution < -0.4 is 10.1 Å². The van der Waals surface area contributed by atoms with Gasteiger partial charge >= 0.3 is 5.69 Å². The van der Waals surface area contributed by atoms with Gasteiger partial charge in [-0.1, -0.05) is 12.1 Å². The molecule has 1 aromatic heterocycles. The standard InChI is InChI=1S/C18H22N2O6/c1-13(2)24-11-5-10-19-18(21)17-9-8-14(26-17)12-25-16-7-4-3-6-15(16)20(22)23/h3-4,6-9,13H,5,10-12H2,1-2H3,(H,19,21). The van der Waals surface area contributed by atoms with Crippen molar-refractivity contribution in [1.82, 2.24) is 5.32 Å². The summed E-state index contributed by atoms with van der Waals surface area (Å²) < 4.78 is 16.2. The maximum Gasteiger partial charge on any atom is 0.310 e. The van der Waals surface area contributed by atoms with Crippen molar-refractivity contribution in [3.63, 3.8) is 0 Å². The molecule has 0 aliphatic rings. The topological polar surface area (TPSA) is 104 Å². The van der Waals surface area contributed by atoms with Crippen LogP contribution in [0.15, 0.2) is 40.8 Å². The highest BCUT2D eigenvalue weighted by atomic mass is 16.6. The third-order valence-electron chi connectivity index (χ3n) is 3.38. The van der Waals surface area contributed by atoms with E-state index in [2.05, 4.69) is 5.32 Å². The van der Waals surface area contributed by atoms with Crippen LogP contribution in [0.4, 0.5) is 5.69 Å². The van der Waals surface area contributed by atoms with Gasteiger partial charge in [-0.3, -0.25) is 14.9 Å². The lowest BCUT2D eigenvalue weighted by molar-refractivity contribution is -0.386. The second kappa shape index (κ2) is 9.57. The Balaban J connectivity index is 1.82. The van der Waals surface area contributed by atoms with Gasteiger partial charge in [0.1, 0.15) is 12.4 Å². The molecule has 0 bridgehead atoms. The van der Waals surface area contributed by atoms with Gasteiger partial charge in [0, 0.05) is 19.2 Å². The van der Waals surface area contributed by atoms with Crippen molar-refractivity contribution in [3.05, 3.63) is 58.0 Å². The first-order valence-corrected chi connectivity index (χ1v) is 8.32. The van der Waals surface area contributed by atoms with Crippen molar-refractivity contribution in [3.8, 4) is 5.75 Å². The minimum Gasteiger partial charge on any atom is -0.479 e. The monoisotopic (exact) mass is 362 g/mol. The number of ether oxygens (including phenoxy) is 2. The molecule has 8 nitrogen and oxygen atoms in total. The summed E-state index contributed by atoms with van der Waals surface area (Å²) in [5.74, 6) is 0.379. The smallest absolute Gasteiger partial charge is 0.310 e. The van der Waals surface area contributed by atoms with Gasteiger partial charge in [0.05, 0.1) is 11.0 Å². The Morgan fingerprint density at radius 2 is 2.04 bits per heavy atom. The maximum atomic E-state index is 12.0. The number of nitro benzene ring substituents is 1.